The van der Waals surface area contributed by atoms with Crippen molar-refractivity contribution in [3.8, 4) is 12.1 Å². The van der Waals surface area contributed by atoms with E-state index in [4.69, 9.17) is 0 Å². The maximum absolute atomic E-state index is 12.6. The van der Waals surface area contributed by atoms with Crippen molar-refractivity contribution in [3.63, 3.8) is 0 Å². The Balaban J connectivity index is 1.68. The molecule has 0 aliphatic carbocycles. The van der Waals surface area contributed by atoms with Crippen LogP contribution in [0.15, 0.2) is 96.1 Å². The third kappa shape index (κ3) is 7.03. The first-order valence-electron chi connectivity index (χ1n) is 11.5. The molecule has 0 aliphatic heterocycles. The van der Waals surface area contributed by atoms with Crippen LogP contribution in [0.3, 0.4) is 0 Å². The summed E-state index contributed by atoms with van der Waals surface area (Å²) in [5, 5.41) is 24.7. The van der Waals surface area contributed by atoms with E-state index in [9.17, 15) is 20.1 Å². The van der Waals surface area contributed by atoms with Crippen LogP contribution >= 0.6 is 0 Å². The number of carbonyl (C=O) groups is 2. The van der Waals surface area contributed by atoms with Gasteiger partial charge in [0.05, 0.1) is 12.1 Å². The molecule has 0 aromatic heterocycles. The van der Waals surface area contributed by atoms with Crippen LogP contribution in [0.4, 0.5) is 0 Å². The highest BCUT2D eigenvalue weighted by atomic mass is 16.2. The van der Waals surface area contributed by atoms with Crippen molar-refractivity contribution >= 4 is 24.0 Å². The molecule has 3 aromatic carbocycles. The summed E-state index contributed by atoms with van der Waals surface area (Å²) in [6.45, 7) is 3.71. The predicted octanol–water partition coefficient (Wildman–Crippen LogP) is 5.26. The van der Waals surface area contributed by atoms with Gasteiger partial charge in [0, 0.05) is 0 Å². The van der Waals surface area contributed by atoms with E-state index in [1.165, 1.54) is 12.2 Å². The second-order valence-corrected chi connectivity index (χ2v) is 8.22. The molecule has 0 heterocycles. The zero-order valence-electron chi connectivity index (χ0n) is 20.1. The second kappa shape index (κ2) is 12.5. The zero-order chi connectivity index (χ0) is 25.9. The van der Waals surface area contributed by atoms with Crippen LogP contribution in [0.2, 0.25) is 0 Å². The Morgan fingerprint density at radius 1 is 0.639 bits per heavy atom. The molecule has 3 aromatic rings. The van der Waals surface area contributed by atoms with Gasteiger partial charge in [0.15, 0.2) is 0 Å². The number of amides is 2. The summed E-state index contributed by atoms with van der Waals surface area (Å²) in [6.07, 6.45) is 3.00. The molecule has 0 saturated carbocycles. The third-order valence-electron chi connectivity index (χ3n) is 5.58. The number of nitrogens with zero attached hydrogens (tertiary/aromatic N) is 2. The maximum Gasteiger partial charge on any atom is 0.262 e. The van der Waals surface area contributed by atoms with E-state index in [1.54, 1.807) is 24.3 Å². The van der Waals surface area contributed by atoms with Crippen LogP contribution in [-0.2, 0) is 9.59 Å². The van der Waals surface area contributed by atoms with Gasteiger partial charge in [0.2, 0.25) is 0 Å². The quantitative estimate of drug-likeness (QED) is 0.343. The molecule has 0 spiro atoms. The fourth-order valence-corrected chi connectivity index (χ4v) is 3.52. The van der Waals surface area contributed by atoms with Gasteiger partial charge < -0.3 is 10.6 Å². The van der Waals surface area contributed by atoms with E-state index >= 15 is 0 Å². The average molecular weight is 475 g/mol. The Labute approximate surface area is 211 Å². The minimum atomic E-state index is -0.464. The summed E-state index contributed by atoms with van der Waals surface area (Å²) in [6, 6.07) is 29.3. The van der Waals surface area contributed by atoms with Crippen LogP contribution in [0, 0.1) is 22.7 Å². The highest BCUT2D eigenvalue weighted by Crippen LogP contribution is 2.16. The summed E-state index contributed by atoms with van der Waals surface area (Å²) in [4.78, 5) is 25.2. The molecule has 0 fully saturated rings. The number of rotatable bonds is 8. The van der Waals surface area contributed by atoms with E-state index in [0.717, 1.165) is 11.1 Å². The Morgan fingerprint density at radius 2 is 0.972 bits per heavy atom. The van der Waals surface area contributed by atoms with Gasteiger partial charge in [-0.25, -0.2) is 0 Å². The molecule has 0 unspecified atom stereocenters. The standard InChI is InChI=1S/C30H26N4O2/c1-21(25-9-5-3-6-10-25)33-29(35)27(19-31)17-23-13-15-24(16-14-23)18-28(20-32)30(36)34-22(2)26-11-7-4-8-12-26/h3-18,21-22H,1-2H3,(H,33,35)(H,34,36)/b27-17+,28-18+/t21-,22-/m0/s1. The Morgan fingerprint density at radius 3 is 1.28 bits per heavy atom. The topological polar surface area (TPSA) is 106 Å². The number of benzene rings is 3. The molecule has 6 nitrogen and oxygen atoms in total. The molecule has 0 aliphatic rings. The van der Waals surface area contributed by atoms with Crippen LogP contribution in [0.25, 0.3) is 12.2 Å². The normalized spacial score (nSPS) is 13.0. The molecular weight excluding hydrogens is 448 g/mol. The fraction of sp³-hybridized carbons (Fsp3) is 0.133. The van der Waals surface area contributed by atoms with Gasteiger partial charge in [0.25, 0.3) is 11.8 Å². The van der Waals surface area contributed by atoms with E-state index in [0.29, 0.717) is 11.1 Å². The van der Waals surface area contributed by atoms with Crippen molar-refractivity contribution in [2.45, 2.75) is 25.9 Å². The molecule has 6 heteroatoms. The summed E-state index contributed by atoms with van der Waals surface area (Å²) in [5.41, 5.74) is 3.13. The molecule has 178 valence electrons. The van der Waals surface area contributed by atoms with E-state index in [-0.39, 0.29) is 23.2 Å². The maximum atomic E-state index is 12.6. The van der Waals surface area contributed by atoms with Crippen LogP contribution in [-0.4, -0.2) is 11.8 Å². The van der Waals surface area contributed by atoms with Crippen molar-refractivity contribution < 1.29 is 9.59 Å². The number of nitriles is 2. The van der Waals surface area contributed by atoms with Crippen LogP contribution in [0.5, 0.6) is 0 Å². The number of nitrogens with one attached hydrogen (secondary N) is 2. The number of hydrogen-bond donors (Lipinski definition) is 2. The van der Waals surface area contributed by atoms with Crippen molar-refractivity contribution in [2.24, 2.45) is 0 Å². The average Bonchev–Trinajstić information content (AvgIpc) is 2.91. The minimum absolute atomic E-state index is 0.0203. The van der Waals surface area contributed by atoms with Gasteiger partial charge >= 0.3 is 0 Å². The van der Waals surface area contributed by atoms with E-state index < -0.39 is 11.8 Å². The summed E-state index contributed by atoms with van der Waals surface area (Å²) in [5.74, 6) is -0.928. The first-order chi connectivity index (χ1) is 17.4. The lowest BCUT2D eigenvalue weighted by molar-refractivity contribution is -0.118. The zero-order valence-corrected chi connectivity index (χ0v) is 20.1. The highest BCUT2D eigenvalue weighted by molar-refractivity contribution is 6.02. The highest BCUT2D eigenvalue weighted by Gasteiger charge is 2.15. The van der Waals surface area contributed by atoms with E-state index in [2.05, 4.69) is 10.6 Å². The molecular formula is C30H26N4O2. The van der Waals surface area contributed by atoms with Crippen molar-refractivity contribution in [1.82, 2.24) is 10.6 Å². The molecule has 0 saturated heterocycles. The first kappa shape index (κ1) is 25.7. The summed E-state index contributed by atoms with van der Waals surface area (Å²) >= 11 is 0. The summed E-state index contributed by atoms with van der Waals surface area (Å²) in [7, 11) is 0. The Kier molecular flexibility index (Phi) is 8.92. The molecule has 0 radical (unpaired) electrons. The van der Waals surface area contributed by atoms with Gasteiger partial charge in [-0.1, -0.05) is 84.9 Å². The predicted molar refractivity (Wildman–Crippen MR) is 140 cm³/mol. The number of hydrogen-bond acceptors (Lipinski definition) is 4. The monoisotopic (exact) mass is 474 g/mol. The molecule has 36 heavy (non-hydrogen) atoms. The minimum Gasteiger partial charge on any atom is -0.345 e. The largest absolute Gasteiger partial charge is 0.345 e. The van der Waals surface area contributed by atoms with Crippen LogP contribution in [0.1, 0.15) is 48.2 Å². The molecule has 2 atom stereocenters. The SMILES string of the molecule is C[C@H](NC(=O)/C(C#N)=C/c1ccc(/C=C(\C#N)C(=O)N[C@@H](C)c2ccccc2)cc1)c1ccccc1. The Bertz CT molecular complexity index is 1240. The van der Waals surface area contributed by atoms with Crippen molar-refractivity contribution in [2.75, 3.05) is 0 Å². The van der Waals surface area contributed by atoms with Gasteiger partial charge in [0.1, 0.15) is 23.3 Å². The van der Waals surface area contributed by atoms with Gasteiger partial charge in [-0.05, 0) is 48.3 Å². The lowest BCUT2D eigenvalue weighted by atomic mass is 10.0. The fourth-order valence-electron chi connectivity index (χ4n) is 3.52. The van der Waals surface area contributed by atoms with E-state index in [1.807, 2.05) is 86.6 Å². The molecule has 2 N–H and O–H groups in total. The number of carbonyl (C=O) groups excluding carboxylic acids is 2. The lowest BCUT2D eigenvalue weighted by Gasteiger charge is -2.14. The smallest absolute Gasteiger partial charge is 0.262 e. The second-order valence-electron chi connectivity index (χ2n) is 8.22. The lowest BCUT2D eigenvalue weighted by Crippen LogP contribution is -2.27. The van der Waals surface area contributed by atoms with Crippen molar-refractivity contribution in [3.05, 3.63) is 118 Å². The van der Waals surface area contributed by atoms with Gasteiger partial charge in [-0.2, -0.15) is 10.5 Å². The van der Waals surface area contributed by atoms with Gasteiger partial charge in [-0.3, -0.25) is 9.59 Å². The Hall–Kier alpha value is -4.94. The van der Waals surface area contributed by atoms with Crippen LogP contribution < -0.4 is 10.6 Å². The molecule has 0 bridgehead atoms. The first-order valence-corrected chi connectivity index (χ1v) is 11.5. The van der Waals surface area contributed by atoms with Gasteiger partial charge in [-0.15, -0.1) is 0 Å². The van der Waals surface area contributed by atoms with Crippen molar-refractivity contribution in [1.29, 1.82) is 10.5 Å². The molecule has 3 rings (SSSR count). The molecule has 2 amide bonds. The summed E-state index contributed by atoms with van der Waals surface area (Å²) < 4.78 is 0. The third-order valence-corrected chi connectivity index (χ3v) is 5.58.